The van der Waals surface area contributed by atoms with E-state index in [1.165, 1.54) is 5.56 Å². The Morgan fingerprint density at radius 1 is 1.37 bits per heavy atom. The fourth-order valence-electron chi connectivity index (χ4n) is 2.51. The van der Waals surface area contributed by atoms with Crippen LogP contribution < -0.4 is 10.2 Å². The van der Waals surface area contributed by atoms with E-state index in [1.54, 1.807) is 11.9 Å². The lowest BCUT2D eigenvalue weighted by Gasteiger charge is -2.26. The standard InChI is InChI=1S/C15H18N2O2/c1-17-13-6-2-10(8-11(13)3-7-15(17)19)9-14(18)16-12-4-5-12/h2,6,8,12H,3-5,7,9H2,1H3,(H,16,18). The lowest BCUT2D eigenvalue weighted by atomic mass is 9.98. The molecule has 1 aliphatic heterocycles. The van der Waals surface area contributed by atoms with Crippen LogP contribution in [0.4, 0.5) is 5.69 Å². The van der Waals surface area contributed by atoms with Gasteiger partial charge in [0.1, 0.15) is 0 Å². The Bertz CT molecular complexity index is 535. The van der Waals surface area contributed by atoms with Crippen molar-refractivity contribution in [2.45, 2.75) is 38.1 Å². The molecule has 3 rings (SSSR count). The van der Waals surface area contributed by atoms with Crippen LogP contribution in [0.25, 0.3) is 0 Å². The Kier molecular flexibility index (Phi) is 3.01. The van der Waals surface area contributed by atoms with E-state index in [1.807, 2.05) is 12.1 Å². The number of rotatable bonds is 3. The van der Waals surface area contributed by atoms with Crippen molar-refractivity contribution < 1.29 is 9.59 Å². The molecule has 1 aliphatic carbocycles. The number of amides is 2. The lowest BCUT2D eigenvalue weighted by molar-refractivity contribution is -0.120. The minimum atomic E-state index is 0.0997. The number of fused-ring (bicyclic) bond motifs is 1. The maximum absolute atomic E-state index is 11.8. The molecule has 2 amide bonds. The Balaban J connectivity index is 1.73. The van der Waals surface area contributed by atoms with Crippen LogP contribution in [0.15, 0.2) is 18.2 Å². The average Bonchev–Trinajstić information content (AvgIpc) is 3.18. The zero-order chi connectivity index (χ0) is 13.4. The fraction of sp³-hybridized carbons (Fsp3) is 0.467. The molecule has 0 bridgehead atoms. The third-order valence-corrected chi connectivity index (χ3v) is 3.79. The van der Waals surface area contributed by atoms with E-state index < -0.39 is 0 Å². The second-order valence-corrected chi connectivity index (χ2v) is 5.43. The number of benzene rings is 1. The van der Waals surface area contributed by atoms with Crippen LogP contribution >= 0.6 is 0 Å². The summed E-state index contributed by atoms with van der Waals surface area (Å²) in [6, 6.07) is 6.37. The minimum Gasteiger partial charge on any atom is -0.353 e. The number of carbonyl (C=O) groups is 2. The smallest absolute Gasteiger partial charge is 0.227 e. The number of aryl methyl sites for hydroxylation is 1. The van der Waals surface area contributed by atoms with Gasteiger partial charge >= 0.3 is 0 Å². The second-order valence-electron chi connectivity index (χ2n) is 5.43. The predicted octanol–water partition coefficient (Wildman–Crippen LogP) is 1.42. The summed E-state index contributed by atoms with van der Waals surface area (Å²) in [5, 5.41) is 2.99. The molecule has 4 nitrogen and oxygen atoms in total. The van der Waals surface area contributed by atoms with E-state index in [9.17, 15) is 9.59 Å². The molecular weight excluding hydrogens is 240 g/mol. The van der Waals surface area contributed by atoms with Crippen LogP contribution in [0.2, 0.25) is 0 Å². The van der Waals surface area contributed by atoms with Crippen molar-refractivity contribution in [2.24, 2.45) is 0 Å². The molecule has 1 N–H and O–H groups in total. The second kappa shape index (κ2) is 4.68. The summed E-state index contributed by atoms with van der Waals surface area (Å²) >= 11 is 0. The number of hydrogen-bond donors (Lipinski definition) is 1. The van der Waals surface area contributed by atoms with Gasteiger partial charge in [-0.3, -0.25) is 9.59 Å². The molecule has 19 heavy (non-hydrogen) atoms. The van der Waals surface area contributed by atoms with Gasteiger partial charge in [-0.05, 0) is 36.5 Å². The molecule has 4 heteroatoms. The molecule has 0 unspecified atom stereocenters. The molecule has 1 fully saturated rings. The van der Waals surface area contributed by atoms with Crippen LogP contribution in [0.3, 0.4) is 0 Å². The average molecular weight is 258 g/mol. The molecule has 1 aromatic rings. The minimum absolute atomic E-state index is 0.0997. The fourth-order valence-corrected chi connectivity index (χ4v) is 2.51. The van der Waals surface area contributed by atoms with Crippen LogP contribution in [0, 0.1) is 0 Å². The first kappa shape index (κ1) is 12.2. The van der Waals surface area contributed by atoms with Gasteiger partial charge in [0.2, 0.25) is 11.8 Å². The van der Waals surface area contributed by atoms with Crippen molar-refractivity contribution in [3.63, 3.8) is 0 Å². The van der Waals surface area contributed by atoms with Gasteiger partial charge in [-0.1, -0.05) is 12.1 Å². The molecule has 100 valence electrons. The Morgan fingerprint density at radius 3 is 2.89 bits per heavy atom. The first-order valence-corrected chi connectivity index (χ1v) is 6.81. The van der Waals surface area contributed by atoms with Crippen molar-refractivity contribution in [3.8, 4) is 0 Å². The molecule has 2 aliphatic rings. The SMILES string of the molecule is CN1C(=O)CCc2cc(CC(=O)NC3CC3)ccc21. The van der Waals surface area contributed by atoms with Crippen LogP contribution in [-0.2, 0) is 22.4 Å². The largest absolute Gasteiger partial charge is 0.353 e. The first-order chi connectivity index (χ1) is 9.13. The van der Waals surface area contributed by atoms with Gasteiger partial charge < -0.3 is 10.2 Å². The van der Waals surface area contributed by atoms with Gasteiger partial charge in [0, 0.05) is 25.2 Å². The highest BCUT2D eigenvalue weighted by Crippen LogP contribution is 2.27. The van der Waals surface area contributed by atoms with Gasteiger partial charge in [0.05, 0.1) is 6.42 Å². The quantitative estimate of drug-likeness (QED) is 0.891. The van der Waals surface area contributed by atoms with Crippen molar-refractivity contribution in [3.05, 3.63) is 29.3 Å². The first-order valence-electron chi connectivity index (χ1n) is 6.81. The van der Waals surface area contributed by atoms with Gasteiger partial charge in [-0.2, -0.15) is 0 Å². The maximum Gasteiger partial charge on any atom is 0.227 e. The molecular formula is C15H18N2O2. The zero-order valence-corrected chi connectivity index (χ0v) is 11.1. The Labute approximate surface area is 112 Å². The summed E-state index contributed by atoms with van der Waals surface area (Å²) in [6.45, 7) is 0. The molecule has 1 heterocycles. The van der Waals surface area contributed by atoms with Gasteiger partial charge in [-0.15, -0.1) is 0 Å². The summed E-state index contributed by atoms with van der Waals surface area (Å²) in [4.78, 5) is 25.1. The maximum atomic E-state index is 11.8. The third-order valence-electron chi connectivity index (χ3n) is 3.79. The number of nitrogens with one attached hydrogen (secondary N) is 1. The molecule has 0 saturated heterocycles. The summed E-state index contributed by atoms with van der Waals surface area (Å²) in [7, 11) is 1.81. The zero-order valence-electron chi connectivity index (χ0n) is 11.1. The Morgan fingerprint density at radius 2 is 2.16 bits per heavy atom. The molecule has 0 spiro atoms. The van der Waals surface area contributed by atoms with Crippen LogP contribution in [-0.4, -0.2) is 24.9 Å². The summed E-state index contributed by atoms with van der Waals surface area (Å²) < 4.78 is 0. The van der Waals surface area contributed by atoms with Gasteiger partial charge in [0.15, 0.2) is 0 Å². The van der Waals surface area contributed by atoms with Crippen molar-refractivity contribution in [2.75, 3.05) is 11.9 Å². The van der Waals surface area contributed by atoms with Gasteiger partial charge in [0.25, 0.3) is 0 Å². The van der Waals surface area contributed by atoms with Crippen molar-refractivity contribution in [1.29, 1.82) is 0 Å². The van der Waals surface area contributed by atoms with E-state index in [-0.39, 0.29) is 11.8 Å². The molecule has 0 atom stereocenters. The van der Waals surface area contributed by atoms with Crippen LogP contribution in [0.1, 0.15) is 30.4 Å². The van der Waals surface area contributed by atoms with Crippen LogP contribution in [0.5, 0.6) is 0 Å². The number of anilines is 1. The van der Waals surface area contributed by atoms with E-state index in [4.69, 9.17) is 0 Å². The molecule has 1 aromatic carbocycles. The third kappa shape index (κ3) is 2.62. The predicted molar refractivity (Wildman–Crippen MR) is 73.0 cm³/mol. The van der Waals surface area contributed by atoms with Crippen molar-refractivity contribution >= 4 is 17.5 Å². The van der Waals surface area contributed by atoms with E-state index in [0.717, 1.165) is 30.5 Å². The summed E-state index contributed by atoms with van der Waals surface area (Å²) in [5.74, 6) is 0.259. The highest BCUT2D eigenvalue weighted by Gasteiger charge is 2.24. The number of nitrogens with zero attached hydrogens (tertiary/aromatic N) is 1. The Hall–Kier alpha value is -1.84. The van der Waals surface area contributed by atoms with E-state index in [2.05, 4.69) is 11.4 Å². The highest BCUT2D eigenvalue weighted by molar-refractivity contribution is 5.96. The highest BCUT2D eigenvalue weighted by atomic mass is 16.2. The number of hydrogen-bond acceptors (Lipinski definition) is 2. The summed E-state index contributed by atoms with van der Waals surface area (Å²) in [6.07, 6.45) is 3.99. The van der Waals surface area contributed by atoms with E-state index in [0.29, 0.717) is 18.9 Å². The molecule has 1 saturated carbocycles. The van der Waals surface area contributed by atoms with Crippen molar-refractivity contribution in [1.82, 2.24) is 5.32 Å². The normalized spacial score (nSPS) is 18.2. The summed E-state index contributed by atoms with van der Waals surface area (Å²) in [5.41, 5.74) is 3.17. The molecule has 0 aromatic heterocycles. The lowest BCUT2D eigenvalue weighted by Crippen LogP contribution is -2.31. The topological polar surface area (TPSA) is 49.4 Å². The monoisotopic (exact) mass is 258 g/mol. The van der Waals surface area contributed by atoms with E-state index >= 15 is 0 Å². The molecule has 0 radical (unpaired) electrons. The van der Waals surface area contributed by atoms with Gasteiger partial charge in [-0.25, -0.2) is 0 Å². The number of carbonyl (C=O) groups excluding carboxylic acids is 2.